The molecule has 1 fully saturated rings. The number of carboxylic acid groups (broad SMARTS) is 1. The van der Waals surface area contributed by atoms with E-state index in [-0.39, 0.29) is 18.3 Å². The Kier molecular flexibility index (Phi) is 10.7. The van der Waals surface area contributed by atoms with Crippen LogP contribution in [0.4, 0.5) is 0 Å². The van der Waals surface area contributed by atoms with Gasteiger partial charge in [0.2, 0.25) is 0 Å². The molecule has 0 bridgehead atoms. The second-order valence-corrected chi connectivity index (χ2v) is 7.05. The second kappa shape index (κ2) is 12.2. The maximum Gasteiger partial charge on any atom is 0.303 e. The first-order valence-corrected chi connectivity index (χ1v) is 9.55. The third-order valence-electron chi connectivity index (χ3n) is 4.92. The minimum absolute atomic E-state index is 0.0663. The average molecular weight is 354 g/mol. The molecule has 0 aromatic heterocycles. The summed E-state index contributed by atoms with van der Waals surface area (Å²) in [5, 5.41) is 38.9. The third-order valence-corrected chi connectivity index (χ3v) is 4.92. The first-order valence-electron chi connectivity index (χ1n) is 9.55. The largest absolute Gasteiger partial charge is 0.481 e. The van der Waals surface area contributed by atoms with E-state index in [9.17, 15) is 20.1 Å². The van der Waals surface area contributed by atoms with Gasteiger partial charge < -0.3 is 20.4 Å². The molecular formula is C20H34O5. The molecule has 1 saturated carbocycles. The zero-order chi connectivity index (χ0) is 18.7. The lowest BCUT2D eigenvalue weighted by atomic mass is 9.88. The molecule has 1 aliphatic carbocycles. The summed E-state index contributed by atoms with van der Waals surface area (Å²) in [5.41, 5.74) is 0. The SMILES string of the molecule is CCCCC[C@@H]1[C@@H](/C=C/[C@H](O)C/C=C\CCCC(=O)O)[C@H](O)C[C@@H]1O. The molecule has 0 aromatic carbocycles. The van der Waals surface area contributed by atoms with Crippen molar-refractivity contribution in [1.82, 2.24) is 0 Å². The quantitative estimate of drug-likeness (QED) is 0.319. The van der Waals surface area contributed by atoms with Gasteiger partial charge in [-0.25, -0.2) is 0 Å². The van der Waals surface area contributed by atoms with Crippen LogP contribution in [0.3, 0.4) is 0 Å². The van der Waals surface area contributed by atoms with E-state index in [1.165, 1.54) is 0 Å². The fourth-order valence-corrected chi connectivity index (χ4v) is 3.47. The molecule has 1 aliphatic rings. The summed E-state index contributed by atoms with van der Waals surface area (Å²) in [5.74, 6) is -0.820. The van der Waals surface area contributed by atoms with Crippen LogP contribution in [0.5, 0.6) is 0 Å². The highest BCUT2D eigenvalue weighted by atomic mass is 16.4. The van der Waals surface area contributed by atoms with Gasteiger partial charge in [-0.2, -0.15) is 0 Å². The number of aliphatic hydroxyl groups is 3. The predicted octanol–water partition coefficient (Wildman–Crippen LogP) is 3.04. The number of rotatable bonds is 12. The molecule has 0 amide bonds. The number of hydrogen-bond donors (Lipinski definition) is 4. The summed E-state index contributed by atoms with van der Waals surface area (Å²) >= 11 is 0. The highest BCUT2D eigenvalue weighted by Gasteiger charge is 2.39. The van der Waals surface area contributed by atoms with Crippen LogP contribution in [0.1, 0.15) is 64.7 Å². The Morgan fingerprint density at radius 3 is 2.60 bits per heavy atom. The molecule has 0 spiro atoms. The number of carbonyl (C=O) groups is 1. The van der Waals surface area contributed by atoms with Crippen LogP contribution >= 0.6 is 0 Å². The van der Waals surface area contributed by atoms with Gasteiger partial charge in [-0.3, -0.25) is 4.79 Å². The number of aliphatic carboxylic acids is 1. The van der Waals surface area contributed by atoms with Crippen LogP contribution < -0.4 is 0 Å². The van der Waals surface area contributed by atoms with Gasteiger partial charge in [0.15, 0.2) is 0 Å². The maximum absolute atomic E-state index is 10.4. The standard InChI is InChI=1S/C20H34O5/c1-2-3-6-10-16-17(19(23)14-18(16)22)13-12-15(21)9-7-4-5-8-11-20(24)25/h4,7,12-13,15-19,21-23H,2-3,5-6,8-11,14H2,1H3,(H,24,25)/b7-4-,13-12+/t15-,16-,17-,18+,19-/m1/s1. The monoisotopic (exact) mass is 354 g/mol. The van der Waals surface area contributed by atoms with Crippen molar-refractivity contribution in [3.8, 4) is 0 Å². The van der Waals surface area contributed by atoms with Crippen LogP contribution in [0.25, 0.3) is 0 Å². The van der Waals surface area contributed by atoms with Crippen molar-refractivity contribution >= 4 is 5.97 Å². The Morgan fingerprint density at radius 2 is 1.92 bits per heavy atom. The smallest absolute Gasteiger partial charge is 0.303 e. The van der Waals surface area contributed by atoms with E-state index in [0.29, 0.717) is 25.7 Å². The van der Waals surface area contributed by atoms with Crippen LogP contribution in [0.2, 0.25) is 0 Å². The molecule has 5 atom stereocenters. The lowest BCUT2D eigenvalue weighted by Gasteiger charge is -2.21. The number of hydrogen-bond acceptors (Lipinski definition) is 4. The van der Waals surface area contributed by atoms with Crippen molar-refractivity contribution in [1.29, 1.82) is 0 Å². The van der Waals surface area contributed by atoms with Crippen LogP contribution in [0.15, 0.2) is 24.3 Å². The third kappa shape index (κ3) is 8.66. The molecule has 0 aliphatic heterocycles. The molecule has 0 radical (unpaired) electrons. The average Bonchev–Trinajstić information content (AvgIpc) is 2.82. The summed E-state index contributed by atoms with van der Waals surface area (Å²) in [6, 6.07) is 0. The molecule has 4 N–H and O–H groups in total. The molecule has 5 heteroatoms. The fraction of sp³-hybridized carbons (Fsp3) is 0.750. The second-order valence-electron chi connectivity index (χ2n) is 7.05. The summed E-state index contributed by atoms with van der Waals surface area (Å²) in [7, 11) is 0. The summed E-state index contributed by atoms with van der Waals surface area (Å²) in [6.45, 7) is 2.14. The maximum atomic E-state index is 10.4. The van der Waals surface area contributed by atoms with Gasteiger partial charge in [-0.1, -0.05) is 50.5 Å². The zero-order valence-corrected chi connectivity index (χ0v) is 15.3. The van der Waals surface area contributed by atoms with Gasteiger partial charge in [0.25, 0.3) is 0 Å². The number of carboxylic acids is 1. The van der Waals surface area contributed by atoms with Gasteiger partial charge in [0.05, 0.1) is 18.3 Å². The molecule has 1 rings (SSSR count). The molecule has 5 nitrogen and oxygen atoms in total. The van der Waals surface area contributed by atoms with Gasteiger partial charge in [0.1, 0.15) is 0 Å². The summed E-state index contributed by atoms with van der Waals surface area (Å²) in [6.07, 6.45) is 12.2. The summed E-state index contributed by atoms with van der Waals surface area (Å²) < 4.78 is 0. The molecule has 0 aromatic rings. The fourth-order valence-electron chi connectivity index (χ4n) is 3.47. The van der Waals surface area contributed by atoms with Crippen LogP contribution in [0, 0.1) is 11.8 Å². The van der Waals surface area contributed by atoms with Gasteiger partial charge in [-0.15, -0.1) is 0 Å². The molecular weight excluding hydrogens is 320 g/mol. The molecule has 0 heterocycles. The van der Waals surface area contributed by atoms with Gasteiger partial charge in [-0.05, 0) is 31.6 Å². The highest BCUT2D eigenvalue weighted by Crippen LogP contribution is 2.37. The lowest BCUT2D eigenvalue weighted by molar-refractivity contribution is -0.137. The Balaban J connectivity index is 2.39. The molecule has 0 saturated heterocycles. The topological polar surface area (TPSA) is 98.0 Å². The van der Waals surface area contributed by atoms with Crippen molar-refractivity contribution in [2.24, 2.45) is 11.8 Å². The van der Waals surface area contributed by atoms with E-state index >= 15 is 0 Å². The summed E-state index contributed by atoms with van der Waals surface area (Å²) in [4.78, 5) is 10.4. The van der Waals surface area contributed by atoms with E-state index in [1.807, 2.05) is 18.2 Å². The van der Waals surface area contributed by atoms with Crippen molar-refractivity contribution in [2.45, 2.75) is 83.0 Å². The van der Waals surface area contributed by atoms with E-state index in [2.05, 4.69) is 6.92 Å². The molecule has 0 unspecified atom stereocenters. The Morgan fingerprint density at radius 1 is 1.16 bits per heavy atom. The number of allylic oxidation sites excluding steroid dienone is 1. The Hall–Kier alpha value is -1.17. The van der Waals surface area contributed by atoms with Crippen molar-refractivity contribution in [3.05, 3.63) is 24.3 Å². The van der Waals surface area contributed by atoms with Crippen molar-refractivity contribution < 1.29 is 25.2 Å². The normalized spacial score (nSPS) is 28.2. The Labute approximate surface area is 151 Å². The predicted molar refractivity (Wildman–Crippen MR) is 98.1 cm³/mol. The van der Waals surface area contributed by atoms with Crippen molar-refractivity contribution in [3.63, 3.8) is 0 Å². The van der Waals surface area contributed by atoms with Gasteiger partial charge in [0, 0.05) is 18.8 Å². The van der Waals surface area contributed by atoms with Crippen molar-refractivity contribution in [2.75, 3.05) is 0 Å². The number of aliphatic hydroxyl groups excluding tert-OH is 3. The Bertz CT molecular complexity index is 432. The van der Waals surface area contributed by atoms with Gasteiger partial charge >= 0.3 is 5.97 Å². The van der Waals surface area contributed by atoms with Crippen LogP contribution in [-0.4, -0.2) is 44.7 Å². The van der Waals surface area contributed by atoms with E-state index in [4.69, 9.17) is 5.11 Å². The molecule has 144 valence electrons. The highest BCUT2D eigenvalue weighted by molar-refractivity contribution is 5.66. The van der Waals surface area contributed by atoms with Crippen LogP contribution in [-0.2, 0) is 4.79 Å². The first-order chi connectivity index (χ1) is 12.0. The number of unbranched alkanes of at least 4 members (excludes halogenated alkanes) is 3. The van der Waals surface area contributed by atoms with E-state index < -0.39 is 24.3 Å². The lowest BCUT2D eigenvalue weighted by Crippen LogP contribution is -2.21. The van der Waals surface area contributed by atoms with E-state index in [1.54, 1.807) is 6.08 Å². The minimum Gasteiger partial charge on any atom is -0.481 e. The zero-order valence-electron chi connectivity index (χ0n) is 15.3. The first kappa shape index (κ1) is 21.9. The minimum atomic E-state index is -0.790. The molecule has 25 heavy (non-hydrogen) atoms. The van der Waals surface area contributed by atoms with E-state index in [0.717, 1.165) is 25.7 Å².